The zero-order valence-electron chi connectivity index (χ0n) is 19.5. The highest BCUT2D eigenvalue weighted by molar-refractivity contribution is 7.98. The van der Waals surface area contributed by atoms with Gasteiger partial charge in [-0.15, -0.1) is 5.92 Å². The average molecular weight is 524 g/mol. The van der Waals surface area contributed by atoms with Crippen LogP contribution in [0.1, 0.15) is 18.1 Å². The van der Waals surface area contributed by atoms with Gasteiger partial charge in [0.1, 0.15) is 18.4 Å². The number of benzene rings is 2. The number of anilines is 1. The van der Waals surface area contributed by atoms with E-state index in [-0.39, 0.29) is 17.3 Å². The number of pyridine rings is 1. The first-order valence-corrected chi connectivity index (χ1v) is 13.1. The number of hydroxylamine groups is 1. The van der Waals surface area contributed by atoms with Crippen LogP contribution in [0.25, 0.3) is 0 Å². The summed E-state index contributed by atoms with van der Waals surface area (Å²) in [7, 11) is -2.74. The van der Waals surface area contributed by atoms with Gasteiger partial charge in [0.25, 0.3) is 5.91 Å². The quantitative estimate of drug-likeness (QED) is 0.181. The maximum Gasteiger partial charge on any atom is 0.267 e. The molecule has 2 N–H and O–H groups in total. The number of aromatic nitrogens is 1. The fourth-order valence-corrected chi connectivity index (χ4v) is 5.12. The van der Waals surface area contributed by atoms with Crippen molar-refractivity contribution in [1.82, 2.24) is 10.5 Å². The number of carbonyl (C=O) groups is 1. The summed E-state index contributed by atoms with van der Waals surface area (Å²) >= 11 is 1.44. The van der Waals surface area contributed by atoms with Crippen LogP contribution in [0.2, 0.25) is 0 Å². The SMILES string of the molecule is CC#CCOc1ccc(N(C(c2cccnc2)=S(=O)=O)C(CSCc2ccccc2)C(=O)NO)cc1. The van der Waals surface area contributed by atoms with Gasteiger partial charge in [0.2, 0.25) is 10.3 Å². The highest BCUT2D eigenvalue weighted by Gasteiger charge is 2.32. The van der Waals surface area contributed by atoms with Crippen molar-refractivity contribution in [1.29, 1.82) is 0 Å². The minimum Gasteiger partial charge on any atom is -0.481 e. The first-order chi connectivity index (χ1) is 17.5. The summed E-state index contributed by atoms with van der Waals surface area (Å²) in [6.07, 6.45) is 2.93. The Kier molecular flexibility index (Phi) is 10.4. The largest absolute Gasteiger partial charge is 0.481 e. The zero-order chi connectivity index (χ0) is 25.8. The van der Waals surface area contributed by atoms with Crippen molar-refractivity contribution >= 4 is 38.6 Å². The van der Waals surface area contributed by atoms with Crippen molar-refractivity contribution in [2.75, 3.05) is 17.3 Å². The lowest BCUT2D eigenvalue weighted by Gasteiger charge is -2.32. The summed E-state index contributed by atoms with van der Waals surface area (Å²) in [5, 5.41) is 9.53. The van der Waals surface area contributed by atoms with E-state index < -0.39 is 22.2 Å². The van der Waals surface area contributed by atoms with E-state index in [9.17, 15) is 18.4 Å². The molecule has 10 heteroatoms. The van der Waals surface area contributed by atoms with Crippen molar-refractivity contribution in [3.63, 3.8) is 0 Å². The van der Waals surface area contributed by atoms with Gasteiger partial charge in [-0.2, -0.15) is 20.2 Å². The molecule has 2 aromatic carbocycles. The van der Waals surface area contributed by atoms with Gasteiger partial charge in [-0.3, -0.25) is 15.0 Å². The molecule has 1 atom stereocenters. The van der Waals surface area contributed by atoms with Crippen molar-refractivity contribution in [3.05, 3.63) is 90.3 Å². The van der Waals surface area contributed by atoms with E-state index in [0.29, 0.717) is 22.8 Å². The second-order valence-corrected chi connectivity index (χ2v) is 9.24. The third kappa shape index (κ3) is 7.36. The highest BCUT2D eigenvalue weighted by Crippen LogP contribution is 2.26. The van der Waals surface area contributed by atoms with Crippen LogP contribution in [-0.4, -0.2) is 47.9 Å². The van der Waals surface area contributed by atoms with E-state index in [2.05, 4.69) is 16.8 Å². The number of nitrogens with one attached hydrogen (secondary N) is 1. The van der Waals surface area contributed by atoms with Crippen LogP contribution in [0.3, 0.4) is 0 Å². The van der Waals surface area contributed by atoms with E-state index in [1.54, 1.807) is 48.8 Å². The van der Waals surface area contributed by atoms with E-state index in [1.807, 2.05) is 30.3 Å². The molecule has 0 aliphatic carbocycles. The molecule has 1 unspecified atom stereocenters. The summed E-state index contributed by atoms with van der Waals surface area (Å²) in [4.78, 5) is 18.2. The number of hydrogen-bond acceptors (Lipinski definition) is 7. The number of thioether (sulfide) groups is 1. The molecule has 36 heavy (non-hydrogen) atoms. The van der Waals surface area contributed by atoms with Crippen LogP contribution in [-0.2, 0) is 20.8 Å². The normalized spacial score (nSPS) is 10.9. The molecule has 8 nitrogen and oxygen atoms in total. The molecule has 0 saturated carbocycles. The van der Waals surface area contributed by atoms with Crippen LogP contribution in [0.5, 0.6) is 5.75 Å². The Balaban J connectivity index is 2.02. The lowest BCUT2D eigenvalue weighted by molar-refractivity contribution is -0.129. The maximum atomic E-state index is 12.9. The second-order valence-electron chi connectivity index (χ2n) is 7.35. The van der Waals surface area contributed by atoms with Crippen LogP contribution in [0.15, 0.2) is 79.1 Å². The molecule has 3 aromatic rings. The molecule has 186 valence electrons. The average Bonchev–Trinajstić information content (AvgIpc) is 2.91. The number of amides is 1. The summed E-state index contributed by atoms with van der Waals surface area (Å²) in [5.41, 5.74) is 3.46. The molecule has 0 aliphatic heterocycles. The third-order valence-electron chi connectivity index (χ3n) is 5.00. The van der Waals surface area contributed by atoms with E-state index in [0.717, 1.165) is 5.56 Å². The lowest BCUT2D eigenvalue weighted by Crippen LogP contribution is -2.51. The minimum atomic E-state index is -2.74. The molecule has 3 rings (SSSR count). The van der Waals surface area contributed by atoms with Gasteiger partial charge in [0, 0.05) is 35.2 Å². The second kappa shape index (κ2) is 13.9. The monoisotopic (exact) mass is 523 g/mol. The van der Waals surface area contributed by atoms with Crippen molar-refractivity contribution < 1.29 is 23.2 Å². The number of carbonyl (C=O) groups excluding carboxylic acids is 1. The number of ether oxygens (including phenoxy) is 1. The third-order valence-corrected chi connectivity index (χ3v) is 6.84. The van der Waals surface area contributed by atoms with Gasteiger partial charge < -0.3 is 9.64 Å². The fraction of sp³-hybridized carbons (Fsp3) is 0.192. The fourth-order valence-electron chi connectivity index (χ4n) is 3.34. The Morgan fingerprint density at radius 3 is 2.50 bits per heavy atom. The smallest absolute Gasteiger partial charge is 0.267 e. The topological polar surface area (TPSA) is 109 Å². The Labute approximate surface area is 215 Å². The lowest BCUT2D eigenvalue weighted by atomic mass is 10.1. The van der Waals surface area contributed by atoms with Crippen LogP contribution in [0.4, 0.5) is 5.69 Å². The first-order valence-electron chi connectivity index (χ1n) is 10.9. The van der Waals surface area contributed by atoms with Crippen molar-refractivity contribution in [2.45, 2.75) is 18.7 Å². The van der Waals surface area contributed by atoms with Gasteiger partial charge in [-0.25, -0.2) is 5.48 Å². The molecule has 0 spiro atoms. The Hall–Kier alpha value is -3.78. The Morgan fingerprint density at radius 2 is 1.89 bits per heavy atom. The van der Waals surface area contributed by atoms with Gasteiger partial charge in [0.15, 0.2) is 4.99 Å². The maximum absolute atomic E-state index is 12.9. The molecular formula is C26H25N3O5S2. The number of nitrogens with zero attached hydrogens (tertiary/aromatic N) is 2. The summed E-state index contributed by atoms with van der Waals surface area (Å²) in [6, 6.07) is 18.5. The molecule has 0 bridgehead atoms. The molecule has 1 aromatic heterocycles. The van der Waals surface area contributed by atoms with Gasteiger partial charge in [-0.1, -0.05) is 36.3 Å². The standard InChI is InChI=1S/C26H25N3O5S2/c1-2-3-16-34-23-13-11-22(12-14-23)29(26(36(32)33)21-10-7-15-27-17-21)24(25(30)28-31)19-35-18-20-8-5-4-6-9-20/h4-15,17,24,31H,16,18-19H2,1H3,(H,28,30). The highest BCUT2D eigenvalue weighted by atomic mass is 32.2. The molecule has 1 amide bonds. The van der Waals surface area contributed by atoms with Crippen LogP contribution >= 0.6 is 11.8 Å². The molecule has 1 heterocycles. The van der Waals surface area contributed by atoms with Crippen molar-refractivity contribution in [3.8, 4) is 17.6 Å². The molecule has 0 saturated heterocycles. The Bertz CT molecular complexity index is 1330. The Morgan fingerprint density at radius 1 is 1.14 bits per heavy atom. The predicted octanol–water partition coefficient (Wildman–Crippen LogP) is 3.15. The van der Waals surface area contributed by atoms with Crippen molar-refractivity contribution in [2.24, 2.45) is 0 Å². The molecule has 0 aliphatic rings. The molecule has 0 radical (unpaired) electrons. The number of hydrogen-bond donors (Lipinski definition) is 2. The summed E-state index contributed by atoms with van der Waals surface area (Å²) in [6.45, 7) is 1.92. The van der Waals surface area contributed by atoms with Crippen LogP contribution < -0.4 is 15.1 Å². The minimum absolute atomic E-state index is 0.150. The zero-order valence-corrected chi connectivity index (χ0v) is 21.1. The van der Waals surface area contributed by atoms with Crippen LogP contribution in [0, 0.1) is 11.8 Å². The first kappa shape index (κ1) is 26.8. The predicted molar refractivity (Wildman–Crippen MR) is 141 cm³/mol. The van der Waals surface area contributed by atoms with E-state index >= 15 is 0 Å². The summed E-state index contributed by atoms with van der Waals surface area (Å²) in [5.74, 6) is 6.12. The van der Waals surface area contributed by atoms with Gasteiger partial charge >= 0.3 is 0 Å². The molecule has 0 fully saturated rings. The summed E-state index contributed by atoms with van der Waals surface area (Å²) < 4.78 is 30.6. The van der Waals surface area contributed by atoms with Gasteiger partial charge in [-0.05, 0) is 48.9 Å². The molecular weight excluding hydrogens is 498 g/mol. The number of rotatable bonds is 10. The van der Waals surface area contributed by atoms with E-state index in [1.165, 1.54) is 29.1 Å². The van der Waals surface area contributed by atoms with Gasteiger partial charge in [0.05, 0.1) is 0 Å². The van der Waals surface area contributed by atoms with E-state index in [4.69, 9.17) is 4.74 Å².